The molecule has 1 heterocycles. The van der Waals surface area contributed by atoms with E-state index in [2.05, 4.69) is 22.5 Å². The lowest BCUT2D eigenvalue weighted by Crippen LogP contribution is -2.50. The zero-order valence-corrected chi connectivity index (χ0v) is 17.9. The topological polar surface area (TPSA) is 63.2 Å². The molecule has 0 aliphatic heterocycles. The van der Waals surface area contributed by atoms with Crippen molar-refractivity contribution in [1.29, 1.82) is 0 Å². The monoisotopic (exact) mass is 393 g/mol. The first-order valence-electron chi connectivity index (χ1n) is 10.6. The normalized spacial score (nSPS) is 26.4. The molecule has 1 aromatic rings. The molecule has 0 saturated heterocycles. The lowest BCUT2D eigenvalue weighted by molar-refractivity contribution is -0.128. The van der Waals surface area contributed by atoms with Crippen LogP contribution in [-0.2, 0) is 16.1 Å². The number of amides is 1. The summed E-state index contributed by atoms with van der Waals surface area (Å²) in [5.41, 5.74) is 1.03. The Kier molecular flexibility index (Phi) is 7.67. The van der Waals surface area contributed by atoms with E-state index >= 15 is 0 Å². The number of aromatic nitrogens is 1. The molecule has 6 heteroatoms. The number of carbonyl (C=O) groups is 1. The molecule has 0 spiro atoms. The minimum absolute atomic E-state index is 0.0582. The van der Waals surface area contributed by atoms with Gasteiger partial charge in [-0.05, 0) is 52.4 Å². The Morgan fingerprint density at radius 3 is 2.67 bits per heavy atom. The highest BCUT2D eigenvalue weighted by molar-refractivity contribution is 7.11. The number of nitrogens with zero attached hydrogens (tertiary/aromatic N) is 1. The van der Waals surface area contributed by atoms with Gasteiger partial charge in [0.2, 0.25) is 5.91 Å². The summed E-state index contributed by atoms with van der Waals surface area (Å²) in [6, 6.07) is 1.04. The van der Waals surface area contributed by atoms with Gasteiger partial charge in [-0.25, -0.2) is 4.98 Å². The number of carbonyl (C=O) groups excluding carboxylic acids is 1. The second kappa shape index (κ2) is 9.99. The molecule has 3 rings (SSSR count). The highest BCUT2D eigenvalue weighted by Crippen LogP contribution is 2.29. The SMILES string of the molecule is CCCO[C@H]1C[C@@H](C(=O)NCc2sc(C)nc2C)CC[C@@H]1NC1CCCC1. The van der Waals surface area contributed by atoms with Gasteiger partial charge in [-0.15, -0.1) is 11.3 Å². The molecule has 2 aliphatic carbocycles. The van der Waals surface area contributed by atoms with E-state index in [1.165, 1.54) is 25.7 Å². The lowest BCUT2D eigenvalue weighted by Gasteiger charge is -2.37. The van der Waals surface area contributed by atoms with Crippen LogP contribution < -0.4 is 10.6 Å². The number of hydrogen-bond acceptors (Lipinski definition) is 5. The molecule has 5 nitrogen and oxygen atoms in total. The number of thiazole rings is 1. The number of rotatable bonds is 8. The minimum atomic E-state index is 0.0582. The van der Waals surface area contributed by atoms with Gasteiger partial charge in [-0.2, -0.15) is 0 Å². The van der Waals surface area contributed by atoms with Crippen LogP contribution in [0, 0.1) is 19.8 Å². The fourth-order valence-electron chi connectivity index (χ4n) is 4.46. The minimum Gasteiger partial charge on any atom is -0.377 e. The van der Waals surface area contributed by atoms with E-state index in [-0.39, 0.29) is 17.9 Å². The Labute approximate surface area is 167 Å². The quantitative estimate of drug-likeness (QED) is 0.704. The summed E-state index contributed by atoms with van der Waals surface area (Å²) in [5.74, 6) is 0.229. The van der Waals surface area contributed by atoms with Crippen LogP contribution in [0.3, 0.4) is 0 Å². The van der Waals surface area contributed by atoms with E-state index in [0.717, 1.165) is 47.9 Å². The van der Waals surface area contributed by atoms with Crippen LogP contribution in [-0.4, -0.2) is 35.7 Å². The molecule has 2 saturated carbocycles. The molecule has 1 amide bonds. The van der Waals surface area contributed by atoms with Gasteiger partial charge >= 0.3 is 0 Å². The van der Waals surface area contributed by atoms with Crippen LogP contribution in [0.2, 0.25) is 0 Å². The fraction of sp³-hybridized carbons (Fsp3) is 0.810. The summed E-state index contributed by atoms with van der Waals surface area (Å²) in [6.45, 7) is 7.54. The van der Waals surface area contributed by atoms with E-state index in [0.29, 0.717) is 18.6 Å². The Hall–Kier alpha value is -0.980. The Morgan fingerprint density at radius 2 is 2.00 bits per heavy atom. The van der Waals surface area contributed by atoms with Crippen molar-refractivity contribution in [2.45, 2.75) is 96.9 Å². The van der Waals surface area contributed by atoms with Crippen LogP contribution >= 0.6 is 11.3 Å². The van der Waals surface area contributed by atoms with E-state index in [1.807, 2.05) is 13.8 Å². The van der Waals surface area contributed by atoms with Crippen molar-refractivity contribution in [3.05, 3.63) is 15.6 Å². The van der Waals surface area contributed by atoms with Gasteiger partial charge in [0, 0.05) is 29.5 Å². The zero-order chi connectivity index (χ0) is 19.2. The Morgan fingerprint density at radius 1 is 1.22 bits per heavy atom. The third-order valence-corrected chi connectivity index (χ3v) is 7.00. The highest BCUT2D eigenvalue weighted by atomic mass is 32.1. The summed E-state index contributed by atoms with van der Waals surface area (Å²) < 4.78 is 6.17. The van der Waals surface area contributed by atoms with Crippen molar-refractivity contribution in [3.63, 3.8) is 0 Å². The summed E-state index contributed by atoms with van der Waals surface area (Å²) >= 11 is 1.67. The molecule has 152 valence electrons. The number of nitrogens with one attached hydrogen (secondary N) is 2. The average molecular weight is 394 g/mol. The molecule has 2 aliphatic rings. The largest absolute Gasteiger partial charge is 0.377 e. The molecule has 1 aromatic heterocycles. The summed E-state index contributed by atoms with van der Waals surface area (Å²) in [7, 11) is 0. The molecule has 0 radical (unpaired) electrons. The molecular formula is C21H35N3O2S. The second-order valence-corrected chi connectivity index (χ2v) is 9.42. The van der Waals surface area contributed by atoms with Gasteiger partial charge < -0.3 is 15.4 Å². The zero-order valence-electron chi connectivity index (χ0n) is 17.1. The van der Waals surface area contributed by atoms with E-state index in [1.54, 1.807) is 11.3 Å². The molecule has 0 unspecified atom stereocenters. The lowest BCUT2D eigenvalue weighted by atomic mass is 9.82. The van der Waals surface area contributed by atoms with Crippen molar-refractivity contribution in [2.75, 3.05) is 6.61 Å². The third-order valence-electron chi connectivity index (χ3n) is 5.93. The van der Waals surface area contributed by atoms with Crippen LogP contribution in [0.5, 0.6) is 0 Å². The molecule has 27 heavy (non-hydrogen) atoms. The van der Waals surface area contributed by atoms with E-state index in [4.69, 9.17) is 4.74 Å². The standard InChI is InChI=1S/C21H35N3O2S/c1-4-11-26-19-12-16(9-10-18(19)24-17-7-5-6-8-17)21(25)22-13-20-14(2)23-15(3)27-20/h16-19,24H,4-13H2,1-3H3,(H,22,25)/t16-,18-,19-/m0/s1. The van der Waals surface area contributed by atoms with Gasteiger partial charge in [0.15, 0.2) is 0 Å². The summed E-state index contributed by atoms with van der Waals surface area (Å²) in [5, 5.41) is 8.04. The highest BCUT2D eigenvalue weighted by Gasteiger charge is 2.35. The fourth-order valence-corrected chi connectivity index (χ4v) is 5.33. The predicted molar refractivity (Wildman–Crippen MR) is 110 cm³/mol. The van der Waals surface area contributed by atoms with Crippen LogP contribution in [0.1, 0.15) is 73.9 Å². The molecule has 0 bridgehead atoms. The predicted octanol–water partition coefficient (Wildman–Crippen LogP) is 3.87. The van der Waals surface area contributed by atoms with Crippen molar-refractivity contribution in [2.24, 2.45) is 5.92 Å². The first kappa shape index (κ1) is 20.7. The van der Waals surface area contributed by atoms with Gasteiger partial charge in [0.1, 0.15) is 0 Å². The smallest absolute Gasteiger partial charge is 0.223 e. The van der Waals surface area contributed by atoms with Gasteiger partial charge in [-0.1, -0.05) is 19.8 Å². The molecule has 2 fully saturated rings. The third kappa shape index (κ3) is 5.75. The first-order chi connectivity index (χ1) is 13.1. The maximum Gasteiger partial charge on any atom is 0.223 e. The van der Waals surface area contributed by atoms with Gasteiger partial charge in [0.05, 0.1) is 23.4 Å². The molecule has 2 N–H and O–H groups in total. The van der Waals surface area contributed by atoms with Crippen LogP contribution in [0.15, 0.2) is 0 Å². The molecule has 0 aromatic carbocycles. The van der Waals surface area contributed by atoms with E-state index in [9.17, 15) is 4.79 Å². The van der Waals surface area contributed by atoms with Crippen LogP contribution in [0.4, 0.5) is 0 Å². The number of hydrogen-bond donors (Lipinski definition) is 2. The summed E-state index contributed by atoms with van der Waals surface area (Å²) in [4.78, 5) is 18.4. The maximum absolute atomic E-state index is 12.8. The van der Waals surface area contributed by atoms with E-state index < -0.39 is 0 Å². The Balaban J connectivity index is 1.53. The van der Waals surface area contributed by atoms with Crippen molar-refractivity contribution >= 4 is 17.2 Å². The van der Waals surface area contributed by atoms with Crippen molar-refractivity contribution < 1.29 is 9.53 Å². The number of ether oxygens (including phenoxy) is 1. The number of aryl methyl sites for hydroxylation is 2. The maximum atomic E-state index is 12.8. The summed E-state index contributed by atoms with van der Waals surface area (Å²) in [6.07, 6.45) is 9.24. The second-order valence-electron chi connectivity index (χ2n) is 8.13. The van der Waals surface area contributed by atoms with Gasteiger partial charge in [0.25, 0.3) is 0 Å². The van der Waals surface area contributed by atoms with Crippen molar-refractivity contribution in [3.8, 4) is 0 Å². The molecular weight excluding hydrogens is 358 g/mol. The first-order valence-corrected chi connectivity index (χ1v) is 11.5. The van der Waals surface area contributed by atoms with Crippen LogP contribution in [0.25, 0.3) is 0 Å². The van der Waals surface area contributed by atoms with Crippen molar-refractivity contribution in [1.82, 2.24) is 15.6 Å². The molecule has 3 atom stereocenters. The average Bonchev–Trinajstić information content (AvgIpc) is 3.27. The van der Waals surface area contributed by atoms with Gasteiger partial charge in [-0.3, -0.25) is 4.79 Å². The Bertz CT molecular complexity index is 613.